The number of allylic oxidation sites excluding steroid dienone is 1. The number of aliphatic hydroxyl groups excluding tert-OH is 1. The summed E-state index contributed by atoms with van der Waals surface area (Å²) >= 11 is 0. The molecule has 0 spiro atoms. The molecule has 4 rings (SSSR count). The lowest BCUT2D eigenvalue weighted by atomic mass is 9.47. The molecule has 0 unspecified atom stereocenters. The topological polar surface area (TPSA) is 20.2 Å². The molecule has 0 aromatic rings. The first-order valence-corrected chi connectivity index (χ1v) is 12.6. The summed E-state index contributed by atoms with van der Waals surface area (Å²) < 4.78 is 0. The summed E-state index contributed by atoms with van der Waals surface area (Å²) in [5.41, 5.74) is 2.60. The second-order valence-electron chi connectivity index (χ2n) is 12.2. The Morgan fingerprint density at radius 2 is 1.76 bits per heavy atom. The number of rotatable bonds is 5. The maximum absolute atomic E-state index is 10.2. The predicted molar refractivity (Wildman–Crippen MR) is 128 cm³/mol. The molecule has 0 radical (unpaired) electrons. The van der Waals surface area contributed by atoms with Crippen LogP contribution in [0.3, 0.4) is 0 Å². The number of hydrogen-bond acceptors (Lipinski definition) is 1. The van der Waals surface area contributed by atoms with Crippen LogP contribution in [0.1, 0.15) is 105 Å². The zero-order valence-corrected chi connectivity index (χ0v) is 19.3. The Labute approximate surface area is 197 Å². The van der Waals surface area contributed by atoms with E-state index in [1.807, 2.05) is 0 Å². The van der Waals surface area contributed by atoms with Gasteiger partial charge in [-0.3, -0.25) is 0 Å². The van der Waals surface area contributed by atoms with Crippen LogP contribution in [0.15, 0.2) is 11.6 Å². The van der Waals surface area contributed by atoms with Crippen molar-refractivity contribution in [3.63, 3.8) is 0 Å². The van der Waals surface area contributed by atoms with Crippen molar-refractivity contribution in [2.45, 2.75) is 111 Å². The summed E-state index contributed by atoms with van der Waals surface area (Å²) in [5, 5.41) is 10.2. The minimum Gasteiger partial charge on any atom is -0.393 e. The highest BCUT2D eigenvalue weighted by molar-refractivity contribution is 5.75. The molecule has 0 amide bonds. The van der Waals surface area contributed by atoms with Crippen LogP contribution in [0.2, 0.25) is 0 Å². The Bertz CT molecular complexity index is 597. The van der Waals surface area contributed by atoms with Crippen molar-refractivity contribution < 1.29 is 5.11 Å². The molecule has 4 aliphatic carbocycles. The molecule has 164 valence electrons. The zero-order valence-electron chi connectivity index (χ0n) is 19.3. The van der Waals surface area contributed by atoms with Crippen molar-refractivity contribution in [1.82, 2.24) is 0 Å². The smallest absolute Gasteiger partial charge is 0.316 e. The van der Waals surface area contributed by atoms with Gasteiger partial charge in [-0.25, -0.2) is 0 Å². The van der Waals surface area contributed by atoms with Crippen LogP contribution in [0.5, 0.6) is 0 Å². The Kier molecular flexibility index (Phi) is 7.60. The summed E-state index contributed by atoms with van der Waals surface area (Å²) in [6.07, 6.45) is 17.2. The van der Waals surface area contributed by atoms with Crippen LogP contribution in [0.4, 0.5) is 0 Å². The van der Waals surface area contributed by atoms with Gasteiger partial charge in [-0.2, -0.15) is 0 Å². The Hall–Kier alpha value is 0.466. The standard InChI is InChI=1S/C27H46O.Mg.2H/c1-18(2)7-6-8-19(3)23-11-12-24-22-10-9-20-17-21(28)13-15-26(20,4)25(22)14-16-27(23,24)5;;;/h9,18-19,21-25,28H,6-8,10-17H2,1-5H3;;;/t19-,21+,22+,23-,24+,25+,26+,27-;;;/m1.../s1. The molecule has 29 heavy (non-hydrogen) atoms. The first-order valence-electron chi connectivity index (χ1n) is 12.6. The van der Waals surface area contributed by atoms with Crippen LogP contribution in [-0.2, 0) is 0 Å². The first-order chi connectivity index (χ1) is 13.3. The van der Waals surface area contributed by atoms with E-state index in [2.05, 4.69) is 40.7 Å². The van der Waals surface area contributed by atoms with E-state index >= 15 is 0 Å². The summed E-state index contributed by atoms with van der Waals surface area (Å²) in [5.74, 6) is 5.46. The van der Waals surface area contributed by atoms with Gasteiger partial charge in [0, 0.05) is 0 Å². The first kappa shape index (κ1) is 24.1. The number of hydrogen-bond donors (Lipinski definition) is 1. The van der Waals surface area contributed by atoms with Gasteiger partial charge in [-0.05, 0) is 97.7 Å². The van der Waals surface area contributed by atoms with E-state index < -0.39 is 0 Å². The SMILES string of the molecule is CC(C)CCC[C@@H](C)[C@H]1CC[C@H]2[C@@H]3CC=C4C[C@@H](O)CC[C@]4(C)[C@H]3CC[C@]12C.[MgH2]. The van der Waals surface area contributed by atoms with E-state index in [4.69, 9.17) is 0 Å². The van der Waals surface area contributed by atoms with Gasteiger partial charge in [0.05, 0.1) is 6.10 Å². The molecule has 0 aromatic carbocycles. The van der Waals surface area contributed by atoms with Crippen molar-refractivity contribution in [2.24, 2.45) is 46.3 Å². The average molecular weight is 413 g/mol. The average Bonchev–Trinajstić information content (AvgIpc) is 2.99. The van der Waals surface area contributed by atoms with Crippen molar-refractivity contribution in [1.29, 1.82) is 0 Å². The predicted octanol–water partition coefficient (Wildman–Crippen LogP) is 6.47. The molecule has 3 fully saturated rings. The van der Waals surface area contributed by atoms with Gasteiger partial charge in [0.1, 0.15) is 0 Å². The quantitative estimate of drug-likeness (QED) is 0.405. The molecular formula is C27H48MgO. The van der Waals surface area contributed by atoms with E-state index in [1.54, 1.807) is 5.57 Å². The van der Waals surface area contributed by atoms with E-state index in [9.17, 15) is 5.11 Å². The highest BCUT2D eigenvalue weighted by atomic mass is 24.3. The third kappa shape index (κ3) is 4.25. The second kappa shape index (κ2) is 9.14. The molecule has 3 saturated carbocycles. The molecular weight excluding hydrogens is 365 g/mol. The molecule has 1 nitrogen and oxygen atoms in total. The Morgan fingerprint density at radius 3 is 2.48 bits per heavy atom. The van der Waals surface area contributed by atoms with Crippen molar-refractivity contribution in [3.8, 4) is 0 Å². The largest absolute Gasteiger partial charge is 0.393 e. The lowest BCUT2D eigenvalue weighted by Gasteiger charge is -2.58. The molecule has 0 heterocycles. The lowest BCUT2D eigenvalue weighted by molar-refractivity contribution is -0.0573. The molecule has 1 N–H and O–H groups in total. The minimum atomic E-state index is -0.0766. The van der Waals surface area contributed by atoms with E-state index in [0.29, 0.717) is 10.8 Å². The second-order valence-corrected chi connectivity index (χ2v) is 12.2. The summed E-state index contributed by atoms with van der Waals surface area (Å²) in [7, 11) is 0. The highest BCUT2D eigenvalue weighted by Crippen LogP contribution is 2.67. The number of aliphatic hydroxyl groups is 1. The van der Waals surface area contributed by atoms with Gasteiger partial charge in [-0.1, -0.05) is 65.5 Å². The normalized spacial score (nSPS) is 44.9. The fourth-order valence-corrected chi connectivity index (χ4v) is 8.67. The molecule has 0 aliphatic heterocycles. The third-order valence-electron chi connectivity index (χ3n) is 10.3. The van der Waals surface area contributed by atoms with Crippen molar-refractivity contribution in [3.05, 3.63) is 11.6 Å². The van der Waals surface area contributed by atoms with E-state index in [1.165, 1.54) is 57.8 Å². The van der Waals surface area contributed by atoms with Crippen molar-refractivity contribution in [2.75, 3.05) is 0 Å². The van der Waals surface area contributed by atoms with Crippen LogP contribution in [0.25, 0.3) is 0 Å². The van der Waals surface area contributed by atoms with Crippen LogP contribution in [-0.4, -0.2) is 34.3 Å². The number of fused-ring (bicyclic) bond motifs is 5. The van der Waals surface area contributed by atoms with Gasteiger partial charge in [-0.15, -0.1) is 0 Å². The zero-order chi connectivity index (χ0) is 20.1. The monoisotopic (exact) mass is 412 g/mol. The maximum Gasteiger partial charge on any atom is 0.316 e. The molecule has 0 saturated heterocycles. The van der Waals surface area contributed by atoms with Gasteiger partial charge >= 0.3 is 23.1 Å². The van der Waals surface area contributed by atoms with Crippen LogP contribution >= 0.6 is 0 Å². The van der Waals surface area contributed by atoms with Crippen LogP contribution < -0.4 is 0 Å². The third-order valence-corrected chi connectivity index (χ3v) is 10.3. The van der Waals surface area contributed by atoms with Gasteiger partial charge in [0.15, 0.2) is 0 Å². The maximum atomic E-state index is 10.2. The van der Waals surface area contributed by atoms with Crippen molar-refractivity contribution >= 4 is 23.1 Å². The van der Waals surface area contributed by atoms with Crippen LogP contribution in [0, 0.1) is 46.3 Å². The van der Waals surface area contributed by atoms with Gasteiger partial charge < -0.3 is 5.11 Å². The van der Waals surface area contributed by atoms with Gasteiger partial charge in [0.25, 0.3) is 0 Å². The summed E-state index contributed by atoms with van der Waals surface area (Å²) in [4.78, 5) is 0. The fourth-order valence-electron chi connectivity index (χ4n) is 8.67. The Balaban J connectivity index is 0.00000240. The minimum absolute atomic E-state index is 0. The molecule has 8 atom stereocenters. The molecule has 4 aliphatic rings. The highest BCUT2D eigenvalue weighted by Gasteiger charge is 2.59. The molecule has 0 aromatic heterocycles. The fraction of sp³-hybridized carbons (Fsp3) is 0.926. The summed E-state index contributed by atoms with van der Waals surface area (Å²) in [6.45, 7) is 12.6. The Morgan fingerprint density at radius 1 is 1.00 bits per heavy atom. The van der Waals surface area contributed by atoms with E-state index in [-0.39, 0.29) is 29.2 Å². The lowest BCUT2D eigenvalue weighted by Crippen LogP contribution is -2.50. The molecule has 2 heteroatoms. The summed E-state index contributed by atoms with van der Waals surface area (Å²) in [6, 6.07) is 0. The van der Waals surface area contributed by atoms with E-state index in [0.717, 1.165) is 48.3 Å². The van der Waals surface area contributed by atoms with Gasteiger partial charge in [0.2, 0.25) is 0 Å². The molecule has 0 bridgehead atoms.